The number of nitrogens with zero attached hydrogens (tertiary/aromatic N) is 3. The standard InChI is InChI=1S/C23H31ClN4O5/c1-23(2,3)33-22(31)25-16-9-7-11-27(13-16)20-17(12-15-8-5-6-10-18(15)24)19(21(29)30)26-28(20)14-32-4/h5-6,8,10,16H,7,9,11-14H2,1-4H3,(H,25,31)(H,29,30)/t16-/m1/s1. The van der Waals surface area contributed by atoms with Crippen LogP contribution in [0.3, 0.4) is 0 Å². The van der Waals surface area contributed by atoms with Crippen molar-refractivity contribution in [2.45, 2.75) is 58.4 Å². The Morgan fingerprint density at radius 2 is 2.03 bits per heavy atom. The maximum Gasteiger partial charge on any atom is 0.407 e. The number of rotatable bonds is 7. The third-order valence-corrected chi connectivity index (χ3v) is 5.61. The number of methoxy groups -OCH3 is 1. The second-order valence-corrected chi connectivity index (χ2v) is 9.48. The number of nitrogens with one attached hydrogen (secondary N) is 1. The molecule has 0 saturated carbocycles. The normalized spacial score (nSPS) is 16.5. The Kier molecular flexibility index (Phi) is 7.86. The van der Waals surface area contributed by atoms with E-state index in [4.69, 9.17) is 21.1 Å². The maximum absolute atomic E-state index is 12.3. The van der Waals surface area contributed by atoms with Gasteiger partial charge in [-0.3, -0.25) is 0 Å². The van der Waals surface area contributed by atoms with E-state index in [0.717, 1.165) is 18.4 Å². The number of carboxylic acid groups (broad SMARTS) is 1. The lowest BCUT2D eigenvalue weighted by atomic mass is 10.0. The molecule has 0 bridgehead atoms. The lowest BCUT2D eigenvalue weighted by Gasteiger charge is -2.35. The number of aromatic nitrogens is 2. The van der Waals surface area contributed by atoms with E-state index in [-0.39, 0.29) is 18.5 Å². The zero-order valence-electron chi connectivity index (χ0n) is 19.4. The zero-order valence-corrected chi connectivity index (χ0v) is 20.2. The first-order chi connectivity index (χ1) is 15.6. The summed E-state index contributed by atoms with van der Waals surface area (Å²) in [5.74, 6) is -0.460. The van der Waals surface area contributed by atoms with Crippen molar-refractivity contribution in [1.29, 1.82) is 0 Å². The summed E-state index contributed by atoms with van der Waals surface area (Å²) in [6.45, 7) is 6.73. The molecule has 0 aliphatic carbocycles. The summed E-state index contributed by atoms with van der Waals surface area (Å²) in [4.78, 5) is 26.4. The first-order valence-electron chi connectivity index (χ1n) is 10.9. The SMILES string of the molecule is COCn1nc(C(=O)O)c(Cc2ccccc2Cl)c1N1CCC[C@@H](NC(=O)OC(C)(C)C)C1. The molecule has 180 valence electrons. The van der Waals surface area contributed by atoms with Crippen LogP contribution in [0.25, 0.3) is 0 Å². The van der Waals surface area contributed by atoms with Crippen molar-refractivity contribution in [1.82, 2.24) is 15.1 Å². The molecule has 1 aromatic heterocycles. The summed E-state index contributed by atoms with van der Waals surface area (Å²) >= 11 is 6.37. The molecule has 1 saturated heterocycles. The molecule has 33 heavy (non-hydrogen) atoms. The molecule has 1 aliphatic heterocycles. The largest absolute Gasteiger partial charge is 0.476 e. The molecule has 1 atom stereocenters. The lowest BCUT2D eigenvalue weighted by Crippen LogP contribution is -2.49. The van der Waals surface area contributed by atoms with Gasteiger partial charge in [-0.1, -0.05) is 29.8 Å². The number of piperidine rings is 1. The molecular weight excluding hydrogens is 448 g/mol. The van der Waals surface area contributed by atoms with E-state index in [0.29, 0.717) is 35.9 Å². The van der Waals surface area contributed by atoms with Crippen LogP contribution in [-0.2, 0) is 22.6 Å². The minimum Gasteiger partial charge on any atom is -0.476 e. The second kappa shape index (κ2) is 10.4. The van der Waals surface area contributed by atoms with Crippen LogP contribution < -0.4 is 10.2 Å². The Morgan fingerprint density at radius 1 is 1.30 bits per heavy atom. The van der Waals surface area contributed by atoms with Gasteiger partial charge in [0.05, 0.1) is 0 Å². The number of hydrogen-bond donors (Lipinski definition) is 2. The van der Waals surface area contributed by atoms with Gasteiger partial charge in [-0.05, 0) is 45.2 Å². The fraction of sp³-hybridized carbons (Fsp3) is 0.522. The van der Waals surface area contributed by atoms with Gasteiger partial charge in [-0.2, -0.15) is 5.10 Å². The number of aromatic carboxylic acids is 1. The third kappa shape index (κ3) is 6.39. The summed E-state index contributed by atoms with van der Waals surface area (Å²) in [5.41, 5.74) is 0.740. The summed E-state index contributed by atoms with van der Waals surface area (Å²) in [5, 5.41) is 17.7. The molecule has 2 heterocycles. The molecule has 2 aromatic rings. The van der Waals surface area contributed by atoms with Crippen LogP contribution in [0, 0.1) is 0 Å². The summed E-state index contributed by atoms with van der Waals surface area (Å²) < 4.78 is 12.3. The average Bonchev–Trinajstić information content (AvgIpc) is 3.07. The number of anilines is 1. The van der Waals surface area contributed by atoms with E-state index >= 15 is 0 Å². The van der Waals surface area contributed by atoms with Crippen LogP contribution in [0.2, 0.25) is 5.02 Å². The minimum absolute atomic E-state index is 0.0378. The minimum atomic E-state index is -1.12. The van der Waals surface area contributed by atoms with Crippen LogP contribution in [0.1, 0.15) is 55.2 Å². The van der Waals surface area contributed by atoms with Crippen molar-refractivity contribution < 1.29 is 24.2 Å². The predicted molar refractivity (Wildman–Crippen MR) is 125 cm³/mol. The predicted octanol–water partition coefficient (Wildman–Crippen LogP) is 3.92. The van der Waals surface area contributed by atoms with Gasteiger partial charge in [0, 0.05) is 43.2 Å². The van der Waals surface area contributed by atoms with E-state index in [1.165, 1.54) is 7.11 Å². The molecule has 1 aliphatic rings. The lowest BCUT2D eigenvalue weighted by molar-refractivity contribution is 0.0498. The highest BCUT2D eigenvalue weighted by atomic mass is 35.5. The van der Waals surface area contributed by atoms with Gasteiger partial charge in [-0.15, -0.1) is 0 Å². The van der Waals surface area contributed by atoms with Gasteiger partial charge in [-0.25, -0.2) is 14.3 Å². The molecule has 3 rings (SSSR count). The number of hydrogen-bond acceptors (Lipinski definition) is 6. The smallest absolute Gasteiger partial charge is 0.407 e. The molecule has 2 N–H and O–H groups in total. The Bertz CT molecular complexity index is 1000. The first kappa shape index (κ1) is 24.9. The highest BCUT2D eigenvalue weighted by Crippen LogP contribution is 2.31. The van der Waals surface area contributed by atoms with Crippen molar-refractivity contribution >= 4 is 29.5 Å². The van der Waals surface area contributed by atoms with Gasteiger partial charge < -0.3 is 24.8 Å². The summed E-state index contributed by atoms with van der Waals surface area (Å²) in [6, 6.07) is 7.19. The molecular formula is C23H31ClN4O5. The van der Waals surface area contributed by atoms with Crippen LogP contribution in [0.5, 0.6) is 0 Å². The molecule has 0 unspecified atom stereocenters. The number of carbonyl (C=O) groups excluding carboxylic acids is 1. The quantitative estimate of drug-likeness (QED) is 0.621. The van der Waals surface area contributed by atoms with Crippen molar-refractivity contribution in [2.75, 3.05) is 25.1 Å². The summed E-state index contributed by atoms with van der Waals surface area (Å²) in [7, 11) is 1.53. The molecule has 10 heteroatoms. The average molecular weight is 479 g/mol. The number of carboxylic acids is 1. The molecule has 1 aromatic carbocycles. The van der Waals surface area contributed by atoms with Crippen LogP contribution in [0.4, 0.5) is 10.6 Å². The van der Waals surface area contributed by atoms with Gasteiger partial charge in [0.1, 0.15) is 18.1 Å². The third-order valence-electron chi connectivity index (χ3n) is 5.24. The van der Waals surface area contributed by atoms with Crippen LogP contribution in [0.15, 0.2) is 24.3 Å². The van der Waals surface area contributed by atoms with E-state index in [2.05, 4.69) is 15.3 Å². The Balaban J connectivity index is 1.93. The number of carbonyl (C=O) groups is 2. The Labute approximate surface area is 198 Å². The molecule has 1 fully saturated rings. The number of halogens is 1. The zero-order chi connectivity index (χ0) is 24.2. The van der Waals surface area contributed by atoms with E-state index in [9.17, 15) is 14.7 Å². The van der Waals surface area contributed by atoms with E-state index in [1.54, 1.807) is 10.7 Å². The van der Waals surface area contributed by atoms with Crippen LogP contribution >= 0.6 is 11.6 Å². The summed E-state index contributed by atoms with van der Waals surface area (Å²) in [6.07, 6.45) is 1.44. The molecule has 0 spiro atoms. The Morgan fingerprint density at radius 3 is 2.67 bits per heavy atom. The number of alkyl carbamates (subject to hydrolysis) is 1. The van der Waals surface area contributed by atoms with Gasteiger partial charge in [0.25, 0.3) is 0 Å². The highest BCUT2D eigenvalue weighted by molar-refractivity contribution is 6.31. The molecule has 1 amide bonds. The van der Waals surface area contributed by atoms with Gasteiger partial charge >= 0.3 is 12.1 Å². The van der Waals surface area contributed by atoms with Crippen LogP contribution in [-0.4, -0.2) is 58.8 Å². The van der Waals surface area contributed by atoms with Crippen molar-refractivity contribution in [3.8, 4) is 0 Å². The number of benzene rings is 1. The fourth-order valence-corrected chi connectivity index (χ4v) is 4.19. The molecule has 0 radical (unpaired) electrons. The maximum atomic E-state index is 12.3. The Hall–Kier alpha value is -2.78. The fourth-order valence-electron chi connectivity index (χ4n) is 3.98. The topological polar surface area (TPSA) is 106 Å². The molecule has 9 nitrogen and oxygen atoms in total. The van der Waals surface area contributed by atoms with Gasteiger partial charge in [0.2, 0.25) is 0 Å². The van der Waals surface area contributed by atoms with Crippen molar-refractivity contribution in [2.24, 2.45) is 0 Å². The monoisotopic (exact) mass is 478 g/mol. The highest BCUT2D eigenvalue weighted by Gasteiger charge is 2.31. The number of amides is 1. The van der Waals surface area contributed by atoms with Crippen molar-refractivity contribution in [3.63, 3.8) is 0 Å². The van der Waals surface area contributed by atoms with Gasteiger partial charge in [0.15, 0.2) is 5.69 Å². The van der Waals surface area contributed by atoms with E-state index in [1.807, 2.05) is 39.0 Å². The first-order valence-corrected chi connectivity index (χ1v) is 11.3. The number of ether oxygens (including phenoxy) is 2. The van der Waals surface area contributed by atoms with E-state index < -0.39 is 17.7 Å². The van der Waals surface area contributed by atoms with Crippen molar-refractivity contribution in [3.05, 3.63) is 46.1 Å². The second-order valence-electron chi connectivity index (χ2n) is 9.07.